The summed E-state index contributed by atoms with van der Waals surface area (Å²) in [6.07, 6.45) is 0.859. The number of anilines is 1. The fourth-order valence-corrected chi connectivity index (χ4v) is 2.19. The van der Waals surface area contributed by atoms with Gasteiger partial charge < -0.3 is 10.2 Å². The highest BCUT2D eigenvalue weighted by Crippen LogP contribution is 2.29. The van der Waals surface area contributed by atoms with E-state index in [4.69, 9.17) is 0 Å². The van der Waals surface area contributed by atoms with E-state index in [0.717, 1.165) is 31.7 Å². The normalized spacial score (nSPS) is 16.1. The molecule has 1 aromatic carbocycles. The molecule has 1 amide bonds. The molecule has 1 heterocycles. The van der Waals surface area contributed by atoms with Gasteiger partial charge in [-0.1, -0.05) is 39.0 Å². The van der Waals surface area contributed by atoms with Crippen molar-refractivity contribution in [3.05, 3.63) is 29.8 Å². The van der Waals surface area contributed by atoms with Gasteiger partial charge in [-0.05, 0) is 18.1 Å². The highest BCUT2D eigenvalue weighted by Gasteiger charge is 2.32. The minimum absolute atomic E-state index is 0.223. The van der Waals surface area contributed by atoms with Gasteiger partial charge in [0.05, 0.1) is 0 Å². The second-order valence-electron chi connectivity index (χ2n) is 5.50. The summed E-state index contributed by atoms with van der Waals surface area (Å²) in [6.45, 7) is 8.55. The van der Waals surface area contributed by atoms with Crippen molar-refractivity contribution in [3.8, 4) is 0 Å². The van der Waals surface area contributed by atoms with Gasteiger partial charge in [-0.2, -0.15) is 0 Å². The second kappa shape index (κ2) is 5.11. The van der Waals surface area contributed by atoms with Crippen LogP contribution in [0.1, 0.15) is 32.8 Å². The maximum Gasteiger partial charge on any atom is 0.232 e. The third-order valence-electron chi connectivity index (χ3n) is 3.82. The molecular weight excluding hydrogens is 224 g/mol. The molecule has 1 N–H and O–H groups in total. The molecule has 0 atom stereocenters. The standard InChI is InChI=1S/C15H22N2O/c1-4-15(2,3)14(18)17-10-9-16-11-12-7-5-6-8-13(12)17/h5-8,16H,4,9-11H2,1-3H3. The Morgan fingerprint density at radius 3 is 2.83 bits per heavy atom. The Bertz CT molecular complexity index is 440. The quantitative estimate of drug-likeness (QED) is 0.870. The zero-order valence-corrected chi connectivity index (χ0v) is 11.5. The van der Waals surface area contributed by atoms with Crippen molar-refractivity contribution in [3.63, 3.8) is 0 Å². The molecule has 3 heteroatoms. The van der Waals surface area contributed by atoms with Crippen LogP contribution in [0.2, 0.25) is 0 Å². The molecule has 0 bridgehead atoms. The van der Waals surface area contributed by atoms with E-state index < -0.39 is 0 Å². The van der Waals surface area contributed by atoms with Crippen molar-refractivity contribution in [2.24, 2.45) is 5.41 Å². The van der Waals surface area contributed by atoms with E-state index in [0.29, 0.717) is 0 Å². The number of carbonyl (C=O) groups is 1. The Balaban J connectivity index is 2.36. The van der Waals surface area contributed by atoms with E-state index in [2.05, 4.69) is 18.3 Å². The Labute approximate surface area is 109 Å². The zero-order chi connectivity index (χ0) is 13.2. The number of para-hydroxylation sites is 1. The first-order valence-electron chi connectivity index (χ1n) is 6.67. The average molecular weight is 246 g/mol. The van der Waals surface area contributed by atoms with E-state index in [1.54, 1.807) is 0 Å². The predicted molar refractivity (Wildman–Crippen MR) is 74.6 cm³/mol. The Morgan fingerprint density at radius 1 is 1.39 bits per heavy atom. The second-order valence-corrected chi connectivity index (χ2v) is 5.50. The van der Waals surface area contributed by atoms with Crippen LogP contribution in [-0.4, -0.2) is 19.0 Å². The van der Waals surface area contributed by atoms with Crippen LogP contribution in [0.3, 0.4) is 0 Å². The number of nitrogens with zero attached hydrogens (tertiary/aromatic N) is 1. The Hall–Kier alpha value is -1.35. The molecule has 1 aromatic rings. The molecular formula is C15H22N2O. The van der Waals surface area contributed by atoms with Crippen molar-refractivity contribution in [2.75, 3.05) is 18.0 Å². The molecule has 0 radical (unpaired) electrons. The molecule has 0 aliphatic carbocycles. The van der Waals surface area contributed by atoms with Crippen LogP contribution in [-0.2, 0) is 11.3 Å². The number of rotatable bonds is 2. The van der Waals surface area contributed by atoms with Crippen molar-refractivity contribution in [1.29, 1.82) is 0 Å². The minimum Gasteiger partial charge on any atom is -0.311 e. The van der Waals surface area contributed by atoms with E-state index in [1.807, 2.05) is 36.9 Å². The molecule has 3 nitrogen and oxygen atoms in total. The van der Waals surface area contributed by atoms with Crippen LogP contribution in [0.15, 0.2) is 24.3 Å². The van der Waals surface area contributed by atoms with Crippen molar-refractivity contribution >= 4 is 11.6 Å². The van der Waals surface area contributed by atoms with E-state index in [-0.39, 0.29) is 11.3 Å². The lowest BCUT2D eigenvalue weighted by atomic mass is 9.88. The number of amides is 1. The minimum atomic E-state index is -0.294. The molecule has 0 fully saturated rings. The summed E-state index contributed by atoms with van der Waals surface area (Å²) >= 11 is 0. The van der Waals surface area contributed by atoms with Crippen molar-refractivity contribution in [1.82, 2.24) is 5.32 Å². The van der Waals surface area contributed by atoms with E-state index in [1.165, 1.54) is 5.56 Å². The Morgan fingerprint density at radius 2 is 2.11 bits per heavy atom. The topological polar surface area (TPSA) is 32.3 Å². The fourth-order valence-electron chi connectivity index (χ4n) is 2.19. The highest BCUT2D eigenvalue weighted by atomic mass is 16.2. The summed E-state index contributed by atoms with van der Waals surface area (Å²) in [4.78, 5) is 14.6. The van der Waals surface area contributed by atoms with Crippen LogP contribution < -0.4 is 10.2 Å². The number of nitrogens with one attached hydrogen (secondary N) is 1. The molecule has 0 spiro atoms. The average Bonchev–Trinajstić information content (AvgIpc) is 2.60. The molecule has 2 rings (SSSR count). The summed E-state index contributed by atoms with van der Waals surface area (Å²) in [7, 11) is 0. The highest BCUT2D eigenvalue weighted by molar-refractivity contribution is 5.97. The Kier molecular flexibility index (Phi) is 3.71. The molecule has 18 heavy (non-hydrogen) atoms. The number of hydrogen-bond acceptors (Lipinski definition) is 2. The van der Waals surface area contributed by atoms with Gasteiger partial charge in [-0.3, -0.25) is 4.79 Å². The molecule has 0 aromatic heterocycles. The molecule has 0 saturated carbocycles. The van der Waals surface area contributed by atoms with E-state index in [9.17, 15) is 4.79 Å². The van der Waals surface area contributed by atoms with Gasteiger partial charge in [0.1, 0.15) is 0 Å². The lowest BCUT2D eigenvalue weighted by Gasteiger charge is -2.31. The van der Waals surface area contributed by atoms with Gasteiger partial charge in [0.15, 0.2) is 0 Å². The molecule has 1 aliphatic rings. The SMILES string of the molecule is CCC(C)(C)C(=O)N1CCNCc2ccccc21. The van der Waals surface area contributed by atoms with Crippen LogP contribution in [0.5, 0.6) is 0 Å². The summed E-state index contributed by atoms with van der Waals surface area (Å²) in [6, 6.07) is 8.17. The maximum absolute atomic E-state index is 12.7. The first-order chi connectivity index (χ1) is 8.56. The van der Waals surface area contributed by atoms with Gasteiger partial charge in [0.2, 0.25) is 5.91 Å². The third-order valence-corrected chi connectivity index (χ3v) is 3.82. The molecule has 1 aliphatic heterocycles. The fraction of sp³-hybridized carbons (Fsp3) is 0.533. The van der Waals surface area contributed by atoms with Crippen LogP contribution in [0.4, 0.5) is 5.69 Å². The largest absolute Gasteiger partial charge is 0.311 e. The van der Waals surface area contributed by atoms with Gasteiger partial charge in [0, 0.05) is 30.7 Å². The van der Waals surface area contributed by atoms with E-state index >= 15 is 0 Å². The number of hydrogen-bond donors (Lipinski definition) is 1. The van der Waals surface area contributed by atoms with Gasteiger partial charge in [-0.25, -0.2) is 0 Å². The molecule has 0 saturated heterocycles. The number of fused-ring (bicyclic) bond motifs is 1. The lowest BCUT2D eigenvalue weighted by molar-refractivity contribution is -0.126. The predicted octanol–water partition coefficient (Wildman–Crippen LogP) is 2.56. The molecule has 0 unspecified atom stereocenters. The third kappa shape index (κ3) is 2.41. The first-order valence-corrected chi connectivity index (χ1v) is 6.67. The van der Waals surface area contributed by atoms with Gasteiger partial charge in [-0.15, -0.1) is 0 Å². The van der Waals surface area contributed by atoms with Gasteiger partial charge >= 0.3 is 0 Å². The van der Waals surface area contributed by atoms with Crippen LogP contribution in [0, 0.1) is 5.41 Å². The monoisotopic (exact) mass is 246 g/mol. The summed E-state index contributed by atoms with van der Waals surface area (Å²) in [5.41, 5.74) is 1.97. The maximum atomic E-state index is 12.7. The summed E-state index contributed by atoms with van der Waals surface area (Å²) in [5, 5.41) is 3.36. The zero-order valence-electron chi connectivity index (χ0n) is 11.5. The number of carbonyl (C=O) groups excluding carboxylic acids is 1. The molecule has 98 valence electrons. The van der Waals surface area contributed by atoms with Crippen molar-refractivity contribution < 1.29 is 4.79 Å². The summed E-state index contributed by atoms with van der Waals surface area (Å²) < 4.78 is 0. The first kappa shape index (κ1) is 13.1. The van der Waals surface area contributed by atoms with Crippen LogP contribution >= 0.6 is 0 Å². The van der Waals surface area contributed by atoms with Crippen molar-refractivity contribution in [2.45, 2.75) is 33.7 Å². The lowest BCUT2D eigenvalue weighted by Crippen LogP contribution is -2.42. The number of benzene rings is 1. The van der Waals surface area contributed by atoms with Crippen LogP contribution in [0.25, 0.3) is 0 Å². The van der Waals surface area contributed by atoms with Gasteiger partial charge in [0.25, 0.3) is 0 Å². The summed E-state index contributed by atoms with van der Waals surface area (Å²) in [5.74, 6) is 0.223. The smallest absolute Gasteiger partial charge is 0.232 e.